The fourth-order valence-corrected chi connectivity index (χ4v) is 4.00. The average molecular weight is 441 g/mol. The number of aromatic nitrogens is 1. The van der Waals surface area contributed by atoms with Gasteiger partial charge in [0.25, 0.3) is 5.91 Å². The lowest BCUT2D eigenvalue weighted by molar-refractivity contribution is -0.125. The van der Waals surface area contributed by atoms with Gasteiger partial charge in [-0.3, -0.25) is 9.59 Å². The minimum atomic E-state index is -0.435. The first-order valence-corrected chi connectivity index (χ1v) is 10.8. The Balaban J connectivity index is 1.69. The minimum Gasteiger partial charge on any atom is -0.352 e. The predicted octanol–water partition coefficient (Wildman–Crippen LogP) is 4.71. The third kappa shape index (κ3) is 4.77. The maximum absolute atomic E-state index is 12.9. The Kier molecular flexibility index (Phi) is 6.80. The molecule has 2 aromatic rings. The molecule has 0 spiro atoms. The van der Waals surface area contributed by atoms with Crippen LogP contribution in [0.4, 0.5) is 10.8 Å². The fourth-order valence-electron chi connectivity index (χ4n) is 3.00. The van der Waals surface area contributed by atoms with Crippen molar-refractivity contribution in [3.63, 3.8) is 0 Å². The van der Waals surface area contributed by atoms with E-state index in [1.54, 1.807) is 28.5 Å². The number of amides is 2. The number of hydrogen-bond donors (Lipinski definition) is 2. The molecule has 28 heavy (non-hydrogen) atoms. The molecule has 2 N–H and O–H groups in total. The lowest BCUT2D eigenvalue weighted by Gasteiger charge is -2.24. The van der Waals surface area contributed by atoms with Crippen LogP contribution in [-0.4, -0.2) is 40.3 Å². The predicted molar refractivity (Wildman–Crippen MR) is 114 cm³/mol. The second-order valence-electron chi connectivity index (χ2n) is 6.77. The maximum Gasteiger partial charge on any atom is 0.274 e. The zero-order valence-electron chi connectivity index (χ0n) is 15.7. The molecule has 1 saturated heterocycles. The molecule has 0 radical (unpaired) electrons. The standard InChI is InChI=1S/C19H22Cl2N4O2S/c1-3-11(2)22-17(26)16-5-4-8-25(16)18(27)15-10-28-19(24-15)23-12-6-7-13(20)14(21)9-12/h6-7,9-11,16H,3-5,8H2,1-2H3,(H,22,26)(H,23,24)/t11-,16-/m0/s1. The van der Waals surface area contributed by atoms with Crippen molar-refractivity contribution in [2.45, 2.75) is 45.2 Å². The van der Waals surface area contributed by atoms with E-state index in [0.29, 0.717) is 33.8 Å². The van der Waals surface area contributed by atoms with Gasteiger partial charge in [-0.05, 0) is 44.4 Å². The highest BCUT2D eigenvalue weighted by atomic mass is 35.5. The Hall–Kier alpha value is -1.83. The summed E-state index contributed by atoms with van der Waals surface area (Å²) in [4.78, 5) is 31.4. The monoisotopic (exact) mass is 440 g/mol. The Morgan fingerprint density at radius 2 is 2.14 bits per heavy atom. The third-order valence-electron chi connectivity index (χ3n) is 4.71. The molecule has 1 aromatic carbocycles. The van der Waals surface area contributed by atoms with Gasteiger partial charge in [0.1, 0.15) is 11.7 Å². The molecule has 0 saturated carbocycles. The highest BCUT2D eigenvalue weighted by molar-refractivity contribution is 7.14. The number of rotatable bonds is 6. The SMILES string of the molecule is CC[C@H](C)NC(=O)[C@@H]1CCCN1C(=O)c1csc(Nc2ccc(Cl)c(Cl)c2)n1. The summed E-state index contributed by atoms with van der Waals surface area (Å²) in [7, 11) is 0. The number of carbonyl (C=O) groups is 2. The second kappa shape index (κ2) is 9.11. The summed E-state index contributed by atoms with van der Waals surface area (Å²) in [5, 5.41) is 9.27. The van der Waals surface area contributed by atoms with E-state index >= 15 is 0 Å². The van der Waals surface area contributed by atoms with Crippen molar-refractivity contribution in [2.24, 2.45) is 0 Å². The van der Waals surface area contributed by atoms with E-state index in [9.17, 15) is 9.59 Å². The van der Waals surface area contributed by atoms with Gasteiger partial charge in [0, 0.05) is 23.7 Å². The summed E-state index contributed by atoms with van der Waals surface area (Å²) in [6.07, 6.45) is 2.33. The molecule has 1 aromatic heterocycles. The van der Waals surface area contributed by atoms with Gasteiger partial charge < -0.3 is 15.5 Å². The molecular weight excluding hydrogens is 419 g/mol. The number of anilines is 2. The number of carbonyl (C=O) groups excluding carboxylic acids is 2. The first-order chi connectivity index (χ1) is 13.4. The third-order valence-corrected chi connectivity index (χ3v) is 6.21. The zero-order valence-corrected chi connectivity index (χ0v) is 18.0. The van der Waals surface area contributed by atoms with Crippen molar-refractivity contribution in [3.05, 3.63) is 39.3 Å². The van der Waals surface area contributed by atoms with Crippen molar-refractivity contribution in [1.29, 1.82) is 0 Å². The zero-order chi connectivity index (χ0) is 20.3. The molecule has 2 amide bonds. The van der Waals surface area contributed by atoms with Crippen LogP contribution < -0.4 is 10.6 Å². The van der Waals surface area contributed by atoms with Crippen LogP contribution in [0, 0.1) is 0 Å². The Morgan fingerprint density at radius 1 is 1.36 bits per heavy atom. The van der Waals surface area contributed by atoms with E-state index in [1.807, 2.05) is 13.8 Å². The van der Waals surface area contributed by atoms with Gasteiger partial charge in [0.15, 0.2) is 5.13 Å². The van der Waals surface area contributed by atoms with Crippen LogP contribution in [0.5, 0.6) is 0 Å². The molecule has 9 heteroatoms. The normalized spacial score (nSPS) is 17.4. The van der Waals surface area contributed by atoms with Gasteiger partial charge in [0.2, 0.25) is 5.91 Å². The summed E-state index contributed by atoms with van der Waals surface area (Å²) in [6, 6.07) is 4.83. The number of nitrogens with zero attached hydrogens (tertiary/aromatic N) is 2. The number of benzene rings is 1. The quantitative estimate of drug-likeness (QED) is 0.681. The summed E-state index contributed by atoms with van der Waals surface area (Å²) in [5.74, 6) is -0.315. The highest BCUT2D eigenvalue weighted by Crippen LogP contribution is 2.29. The van der Waals surface area contributed by atoms with E-state index in [4.69, 9.17) is 23.2 Å². The first-order valence-electron chi connectivity index (χ1n) is 9.18. The average Bonchev–Trinajstić information content (AvgIpc) is 3.33. The number of hydrogen-bond acceptors (Lipinski definition) is 5. The van der Waals surface area contributed by atoms with Crippen LogP contribution in [-0.2, 0) is 4.79 Å². The molecule has 0 unspecified atom stereocenters. The van der Waals surface area contributed by atoms with E-state index in [0.717, 1.165) is 18.5 Å². The topological polar surface area (TPSA) is 74.3 Å². The summed E-state index contributed by atoms with van der Waals surface area (Å²) < 4.78 is 0. The molecule has 150 valence electrons. The van der Waals surface area contributed by atoms with Gasteiger partial charge in [-0.15, -0.1) is 11.3 Å². The molecule has 2 atom stereocenters. The molecule has 2 heterocycles. The summed E-state index contributed by atoms with van der Waals surface area (Å²) in [5.41, 5.74) is 1.06. The van der Waals surface area contributed by atoms with Gasteiger partial charge >= 0.3 is 0 Å². The largest absolute Gasteiger partial charge is 0.352 e. The van der Waals surface area contributed by atoms with Crippen molar-refractivity contribution >= 4 is 57.2 Å². The molecular formula is C19H22Cl2N4O2S. The van der Waals surface area contributed by atoms with Gasteiger partial charge in [0.05, 0.1) is 10.0 Å². The van der Waals surface area contributed by atoms with Crippen molar-refractivity contribution in [2.75, 3.05) is 11.9 Å². The molecule has 1 aliphatic heterocycles. The van der Waals surface area contributed by atoms with Gasteiger partial charge in [-0.25, -0.2) is 4.98 Å². The second-order valence-corrected chi connectivity index (χ2v) is 8.44. The highest BCUT2D eigenvalue weighted by Gasteiger charge is 2.35. The van der Waals surface area contributed by atoms with Crippen LogP contribution in [0.15, 0.2) is 23.6 Å². The van der Waals surface area contributed by atoms with Crippen LogP contribution in [0.2, 0.25) is 10.0 Å². The number of thiazole rings is 1. The Labute approximate surface area is 178 Å². The van der Waals surface area contributed by atoms with Crippen molar-refractivity contribution in [3.8, 4) is 0 Å². The number of nitrogens with one attached hydrogen (secondary N) is 2. The van der Waals surface area contributed by atoms with E-state index in [2.05, 4.69) is 15.6 Å². The molecule has 1 fully saturated rings. The van der Waals surface area contributed by atoms with Crippen LogP contribution in [0.1, 0.15) is 43.6 Å². The molecule has 0 aliphatic carbocycles. The van der Waals surface area contributed by atoms with Crippen molar-refractivity contribution < 1.29 is 9.59 Å². The number of halogens is 2. The fraction of sp³-hybridized carbons (Fsp3) is 0.421. The summed E-state index contributed by atoms with van der Waals surface area (Å²) >= 11 is 13.3. The lowest BCUT2D eigenvalue weighted by Crippen LogP contribution is -2.48. The van der Waals surface area contributed by atoms with Crippen LogP contribution in [0.25, 0.3) is 0 Å². The molecule has 1 aliphatic rings. The molecule has 0 bridgehead atoms. The maximum atomic E-state index is 12.9. The van der Waals surface area contributed by atoms with Crippen LogP contribution >= 0.6 is 34.5 Å². The smallest absolute Gasteiger partial charge is 0.274 e. The van der Waals surface area contributed by atoms with Gasteiger partial charge in [-0.1, -0.05) is 30.1 Å². The first kappa shape index (κ1) is 20.9. The Morgan fingerprint density at radius 3 is 2.86 bits per heavy atom. The van der Waals surface area contributed by atoms with Crippen molar-refractivity contribution in [1.82, 2.24) is 15.2 Å². The summed E-state index contributed by atoms with van der Waals surface area (Å²) in [6.45, 7) is 4.53. The Bertz CT molecular complexity index is 873. The van der Waals surface area contributed by atoms with Gasteiger partial charge in [-0.2, -0.15) is 0 Å². The van der Waals surface area contributed by atoms with E-state index in [1.165, 1.54) is 11.3 Å². The van der Waals surface area contributed by atoms with Crippen LogP contribution in [0.3, 0.4) is 0 Å². The molecule has 6 nitrogen and oxygen atoms in total. The van der Waals surface area contributed by atoms with E-state index < -0.39 is 6.04 Å². The molecule has 3 rings (SSSR count). The lowest BCUT2D eigenvalue weighted by atomic mass is 10.1. The minimum absolute atomic E-state index is 0.0892. The number of likely N-dealkylation sites (tertiary alicyclic amines) is 1. The van der Waals surface area contributed by atoms with E-state index in [-0.39, 0.29) is 17.9 Å².